The zero-order chi connectivity index (χ0) is 10.8. The van der Waals surface area contributed by atoms with Crippen molar-refractivity contribution >= 4 is 5.82 Å². The number of hydrogen-bond donors (Lipinski definition) is 2. The van der Waals surface area contributed by atoms with Gasteiger partial charge in [-0.1, -0.05) is 0 Å². The molecule has 0 aromatic carbocycles. The molecule has 0 aliphatic heterocycles. The SMILES string of the molecule is CC(N)C(C)(F)Cc1ccnc(N)c1. The molecule has 0 spiro atoms. The number of pyridine rings is 1. The number of nitrogens with two attached hydrogens (primary N) is 2. The monoisotopic (exact) mass is 197 g/mol. The van der Waals surface area contributed by atoms with E-state index >= 15 is 0 Å². The lowest BCUT2D eigenvalue weighted by Gasteiger charge is -2.24. The Morgan fingerprint density at radius 1 is 1.64 bits per heavy atom. The zero-order valence-corrected chi connectivity index (χ0v) is 8.50. The molecule has 0 bridgehead atoms. The summed E-state index contributed by atoms with van der Waals surface area (Å²) in [5, 5.41) is 0. The van der Waals surface area contributed by atoms with Crippen molar-refractivity contribution in [3.63, 3.8) is 0 Å². The van der Waals surface area contributed by atoms with Crippen LogP contribution in [0.25, 0.3) is 0 Å². The lowest BCUT2D eigenvalue weighted by molar-refractivity contribution is 0.157. The van der Waals surface area contributed by atoms with E-state index in [0.29, 0.717) is 5.82 Å². The molecule has 4 heteroatoms. The van der Waals surface area contributed by atoms with Crippen LogP contribution in [0, 0.1) is 0 Å². The molecule has 1 rings (SSSR count). The molecule has 2 atom stereocenters. The van der Waals surface area contributed by atoms with Gasteiger partial charge in [0.25, 0.3) is 0 Å². The van der Waals surface area contributed by atoms with Crippen LogP contribution in [0.3, 0.4) is 0 Å². The topological polar surface area (TPSA) is 64.9 Å². The lowest BCUT2D eigenvalue weighted by atomic mass is 9.93. The summed E-state index contributed by atoms with van der Waals surface area (Å²) in [7, 11) is 0. The fourth-order valence-electron chi connectivity index (χ4n) is 1.16. The van der Waals surface area contributed by atoms with E-state index in [1.165, 1.54) is 6.92 Å². The van der Waals surface area contributed by atoms with E-state index in [1.807, 2.05) is 0 Å². The number of anilines is 1. The summed E-state index contributed by atoms with van der Waals surface area (Å²) in [6.07, 6.45) is 1.83. The first kappa shape index (κ1) is 10.9. The third-order valence-electron chi connectivity index (χ3n) is 2.34. The van der Waals surface area contributed by atoms with E-state index in [-0.39, 0.29) is 6.42 Å². The molecule has 0 fully saturated rings. The maximum absolute atomic E-state index is 13.8. The summed E-state index contributed by atoms with van der Waals surface area (Å²) in [5.74, 6) is 0.406. The molecule has 0 saturated carbocycles. The number of alkyl halides is 1. The fourth-order valence-corrected chi connectivity index (χ4v) is 1.16. The predicted molar refractivity (Wildman–Crippen MR) is 55.5 cm³/mol. The standard InChI is InChI=1S/C10H16FN3/c1-7(12)10(2,11)6-8-3-4-14-9(13)5-8/h3-5,7H,6,12H2,1-2H3,(H2,13,14). The average Bonchev–Trinajstić information content (AvgIpc) is 2.02. The van der Waals surface area contributed by atoms with Crippen LogP contribution in [0.15, 0.2) is 18.3 Å². The van der Waals surface area contributed by atoms with Crippen molar-refractivity contribution in [1.29, 1.82) is 0 Å². The molecule has 4 N–H and O–H groups in total. The van der Waals surface area contributed by atoms with Gasteiger partial charge in [-0.25, -0.2) is 9.37 Å². The van der Waals surface area contributed by atoms with Gasteiger partial charge in [0.2, 0.25) is 0 Å². The van der Waals surface area contributed by atoms with Crippen molar-refractivity contribution in [1.82, 2.24) is 4.98 Å². The highest BCUT2D eigenvalue weighted by molar-refractivity contribution is 5.32. The molecular weight excluding hydrogens is 181 g/mol. The molecule has 0 aliphatic rings. The first-order chi connectivity index (χ1) is 6.42. The van der Waals surface area contributed by atoms with Gasteiger partial charge >= 0.3 is 0 Å². The van der Waals surface area contributed by atoms with E-state index in [1.54, 1.807) is 25.3 Å². The Labute approximate surface area is 83.3 Å². The van der Waals surface area contributed by atoms with Gasteiger partial charge in [0, 0.05) is 18.7 Å². The zero-order valence-electron chi connectivity index (χ0n) is 8.50. The average molecular weight is 197 g/mol. The Morgan fingerprint density at radius 3 is 2.79 bits per heavy atom. The molecule has 0 amide bonds. The molecule has 14 heavy (non-hydrogen) atoms. The van der Waals surface area contributed by atoms with Crippen LogP contribution in [-0.2, 0) is 6.42 Å². The van der Waals surface area contributed by atoms with E-state index in [2.05, 4.69) is 4.98 Å². The second kappa shape index (κ2) is 3.92. The van der Waals surface area contributed by atoms with Crippen LogP contribution < -0.4 is 11.5 Å². The Bertz CT molecular complexity index is 310. The van der Waals surface area contributed by atoms with Crippen molar-refractivity contribution in [3.05, 3.63) is 23.9 Å². The summed E-state index contributed by atoms with van der Waals surface area (Å²) in [6.45, 7) is 3.15. The largest absolute Gasteiger partial charge is 0.384 e. The third-order valence-corrected chi connectivity index (χ3v) is 2.34. The number of hydrogen-bond acceptors (Lipinski definition) is 3. The smallest absolute Gasteiger partial charge is 0.127 e. The molecule has 2 unspecified atom stereocenters. The Hall–Kier alpha value is -1.16. The van der Waals surface area contributed by atoms with Gasteiger partial charge < -0.3 is 11.5 Å². The lowest BCUT2D eigenvalue weighted by Crippen LogP contribution is -2.41. The van der Waals surface area contributed by atoms with Gasteiger partial charge in [0.15, 0.2) is 0 Å². The molecule has 3 nitrogen and oxygen atoms in total. The van der Waals surface area contributed by atoms with Crippen LogP contribution in [-0.4, -0.2) is 16.7 Å². The summed E-state index contributed by atoms with van der Waals surface area (Å²) < 4.78 is 13.8. The van der Waals surface area contributed by atoms with Crippen LogP contribution in [0.2, 0.25) is 0 Å². The van der Waals surface area contributed by atoms with Crippen LogP contribution in [0.5, 0.6) is 0 Å². The van der Waals surface area contributed by atoms with Gasteiger partial charge in [0.05, 0.1) is 0 Å². The van der Waals surface area contributed by atoms with Crippen molar-refractivity contribution in [2.75, 3.05) is 5.73 Å². The van der Waals surface area contributed by atoms with E-state index in [0.717, 1.165) is 5.56 Å². The first-order valence-electron chi connectivity index (χ1n) is 4.57. The van der Waals surface area contributed by atoms with Crippen LogP contribution >= 0.6 is 0 Å². The molecular formula is C10H16FN3. The van der Waals surface area contributed by atoms with Crippen molar-refractivity contribution in [2.45, 2.75) is 32.0 Å². The summed E-state index contributed by atoms with van der Waals surface area (Å²) in [4.78, 5) is 3.84. The van der Waals surface area contributed by atoms with Crippen molar-refractivity contribution in [2.24, 2.45) is 5.73 Å². The Morgan fingerprint density at radius 2 is 2.29 bits per heavy atom. The van der Waals surface area contributed by atoms with Crippen molar-refractivity contribution in [3.8, 4) is 0 Å². The highest BCUT2D eigenvalue weighted by atomic mass is 19.1. The van der Waals surface area contributed by atoms with Gasteiger partial charge in [-0.15, -0.1) is 0 Å². The fraction of sp³-hybridized carbons (Fsp3) is 0.500. The number of rotatable bonds is 3. The first-order valence-corrected chi connectivity index (χ1v) is 4.57. The van der Waals surface area contributed by atoms with E-state index in [9.17, 15) is 4.39 Å². The van der Waals surface area contributed by atoms with Gasteiger partial charge in [-0.05, 0) is 31.5 Å². The molecule has 1 aromatic heterocycles. The highest BCUT2D eigenvalue weighted by Crippen LogP contribution is 2.20. The van der Waals surface area contributed by atoms with Crippen molar-refractivity contribution < 1.29 is 4.39 Å². The molecule has 1 aromatic rings. The molecule has 78 valence electrons. The predicted octanol–water partition coefficient (Wildman–Crippen LogP) is 1.28. The second-order valence-electron chi connectivity index (χ2n) is 3.83. The van der Waals surface area contributed by atoms with Gasteiger partial charge in [-0.3, -0.25) is 0 Å². The summed E-state index contributed by atoms with van der Waals surface area (Å²) in [5.41, 5.74) is 10.4. The Kier molecular flexibility index (Phi) is 3.06. The van der Waals surface area contributed by atoms with E-state index in [4.69, 9.17) is 11.5 Å². The minimum absolute atomic E-state index is 0.261. The Balaban J connectivity index is 2.78. The normalized spacial score (nSPS) is 17.4. The maximum Gasteiger partial charge on any atom is 0.127 e. The highest BCUT2D eigenvalue weighted by Gasteiger charge is 2.28. The van der Waals surface area contributed by atoms with Crippen LogP contribution in [0.1, 0.15) is 19.4 Å². The van der Waals surface area contributed by atoms with Gasteiger partial charge in [0.1, 0.15) is 11.5 Å². The molecule has 0 radical (unpaired) electrons. The minimum atomic E-state index is -1.41. The summed E-state index contributed by atoms with van der Waals surface area (Å²) >= 11 is 0. The number of aromatic nitrogens is 1. The van der Waals surface area contributed by atoms with Gasteiger partial charge in [-0.2, -0.15) is 0 Å². The quantitative estimate of drug-likeness (QED) is 0.767. The summed E-state index contributed by atoms with van der Waals surface area (Å²) in [6, 6.07) is 2.91. The maximum atomic E-state index is 13.8. The number of halogens is 1. The van der Waals surface area contributed by atoms with Crippen LogP contribution in [0.4, 0.5) is 10.2 Å². The van der Waals surface area contributed by atoms with E-state index < -0.39 is 11.7 Å². The number of nitrogens with zero attached hydrogens (tertiary/aromatic N) is 1. The molecule has 0 aliphatic carbocycles. The third kappa shape index (κ3) is 2.67. The number of nitrogen functional groups attached to an aromatic ring is 1. The molecule has 0 saturated heterocycles. The molecule has 1 heterocycles. The minimum Gasteiger partial charge on any atom is -0.384 e. The second-order valence-corrected chi connectivity index (χ2v) is 3.83.